The van der Waals surface area contributed by atoms with E-state index in [4.69, 9.17) is 5.11 Å². The smallest absolute Gasteiger partial charge is 0.347 e. The number of thiazole rings is 1. The van der Waals surface area contributed by atoms with Gasteiger partial charge in [-0.15, -0.1) is 11.3 Å². The van der Waals surface area contributed by atoms with E-state index >= 15 is 0 Å². The van der Waals surface area contributed by atoms with Crippen LogP contribution in [0.25, 0.3) is 21.3 Å². The second-order valence-corrected chi connectivity index (χ2v) is 6.71. The van der Waals surface area contributed by atoms with Crippen LogP contribution >= 0.6 is 11.3 Å². The average molecular weight is 340 g/mol. The lowest BCUT2D eigenvalue weighted by atomic mass is 9.91. The van der Waals surface area contributed by atoms with Crippen LogP contribution in [-0.2, 0) is 0 Å². The van der Waals surface area contributed by atoms with Gasteiger partial charge >= 0.3 is 5.97 Å². The molecule has 3 rings (SSSR count). The number of hydrogen-bond donors (Lipinski definition) is 1. The van der Waals surface area contributed by atoms with Gasteiger partial charge in [0.15, 0.2) is 0 Å². The van der Waals surface area contributed by atoms with Gasteiger partial charge in [0, 0.05) is 16.3 Å². The Morgan fingerprint density at radius 1 is 1.38 bits per heavy atom. The number of nitrogens with zero attached hydrogens (tertiary/aromatic N) is 2. The Bertz CT molecular complexity index is 1000. The first-order valence-electron chi connectivity index (χ1n) is 7.28. The molecule has 0 aliphatic carbocycles. The third kappa shape index (κ3) is 2.63. The van der Waals surface area contributed by atoms with Crippen molar-refractivity contribution in [2.75, 3.05) is 0 Å². The minimum atomic E-state index is -1.06. The monoisotopic (exact) mass is 340 g/mol. The molecule has 3 aromatic rings. The number of aromatic nitrogens is 1. The van der Waals surface area contributed by atoms with E-state index in [2.05, 4.69) is 11.1 Å². The lowest BCUT2D eigenvalue weighted by Crippen LogP contribution is -1.95. The van der Waals surface area contributed by atoms with Crippen molar-refractivity contribution in [3.63, 3.8) is 0 Å². The highest BCUT2D eigenvalue weighted by atomic mass is 32.1. The normalized spacial score (nSPS) is 11.0. The first-order valence-corrected chi connectivity index (χ1v) is 8.09. The van der Waals surface area contributed by atoms with E-state index in [0.29, 0.717) is 26.9 Å². The van der Waals surface area contributed by atoms with Crippen LogP contribution in [0.2, 0.25) is 0 Å². The number of carboxylic acid groups (broad SMARTS) is 1. The van der Waals surface area contributed by atoms with E-state index in [9.17, 15) is 14.4 Å². The summed E-state index contributed by atoms with van der Waals surface area (Å²) in [5.74, 6) is -1.33. The van der Waals surface area contributed by atoms with Crippen molar-refractivity contribution < 1.29 is 14.3 Å². The van der Waals surface area contributed by atoms with Gasteiger partial charge in [0.2, 0.25) is 0 Å². The summed E-state index contributed by atoms with van der Waals surface area (Å²) in [5, 5.41) is 19.9. The number of nitriles is 1. The van der Waals surface area contributed by atoms with Crippen LogP contribution in [0, 0.1) is 17.1 Å². The zero-order valence-electron chi connectivity index (χ0n) is 13.0. The second kappa shape index (κ2) is 6.02. The summed E-state index contributed by atoms with van der Waals surface area (Å²) in [6.07, 6.45) is 1.26. The molecule has 0 bridgehead atoms. The third-order valence-electron chi connectivity index (χ3n) is 3.80. The maximum Gasteiger partial charge on any atom is 0.347 e. The van der Waals surface area contributed by atoms with Gasteiger partial charge in [-0.2, -0.15) is 5.26 Å². The molecule has 0 aliphatic heterocycles. The second-order valence-electron chi connectivity index (χ2n) is 5.68. The predicted octanol–water partition coefficient (Wildman–Crippen LogP) is 4.80. The summed E-state index contributed by atoms with van der Waals surface area (Å²) < 4.78 is 14.4. The lowest BCUT2D eigenvalue weighted by Gasteiger charge is -2.13. The molecule has 120 valence electrons. The molecule has 0 aliphatic rings. The summed E-state index contributed by atoms with van der Waals surface area (Å²) in [4.78, 5) is 15.2. The number of aromatic carboxylic acids is 1. The molecule has 2 aromatic carbocycles. The number of halogens is 1. The van der Waals surface area contributed by atoms with Gasteiger partial charge in [0.25, 0.3) is 0 Å². The summed E-state index contributed by atoms with van der Waals surface area (Å²) in [5.41, 5.74) is 1.80. The Morgan fingerprint density at radius 2 is 2.12 bits per heavy atom. The van der Waals surface area contributed by atoms with Crippen molar-refractivity contribution in [1.82, 2.24) is 4.98 Å². The van der Waals surface area contributed by atoms with Crippen LogP contribution in [0.5, 0.6) is 0 Å². The molecular weight excluding hydrogens is 327 g/mol. The van der Waals surface area contributed by atoms with Crippen LogP contribution in [0.15, 0.2) is 30.5 Å². The van der Waals surface area contributed by atoms with E-state index in [1.54, 1.807) is 18.2 Å². The van der Waals surface area contributed by atoms with Crippen molar-refractivity contribution >= 4 is 28.1 Å². The Morgan fingerprint density at radius 3 is 2.71 bits per heavy atom. The molecule has 0 saturated carbocycles. The predicted molar refractivity (Wildman–Crippen MR) is 90.8 cm³/mol. The maximum atomic E-state index is 14.4. The van der Waals surface area contributed by atoms with Gasteiger partial charge in [-0.25, -0.2) is 14.2 Å². The minimum absolute atomic E-state index is 0.0972. The number of hydrogen-bond acceptors (Lipinski definition) is 4. The highest BCUT2D eigenvalue weighted by molar-refractivity contribution is 7.16. The van der Waals surface area contributed by atoms with Crippen molar-refractivity contribution in [2.45, 2.75) is 19.8 Å². The van der Waals surface area contributed by atoms with Crippen molar-refractivity contribution in [1.29, 1.82) is 5.26 Å². The molecule has 0 saturated heterocycles. The molecule has 0 fully saturated rings. The van der Waals surface area contributed by atoms with E-state index in [0.717, 1.165) is 16.9 Å². The van der Waals surface area contributed by atoms with E-state index in [-0.39, 0.29) is 10.8 Å². The van der Waals surface area contributed by atoms with Crippen LogP contribution in [-0.4, -0.2) is 16.1 Å². The van der Waals surface area contributed by atoms with Crippen LogP contribution < -0.4 is 0 Å². The molecule has 1 N–H and O–H groups in total. The molecule has 0 unspecified atom stereocenters. The maximum absolute atomic E-state index is 14.4. The number of carboxylic acids is 1. The van der Waals surface area contributed by atoms with Crippen molar-refractivity contribution in [3.8, 4) is 16.6 Å². The Labute approximate surface area is 141 Å². The molecule has 1 aromatic heterocycles. The number of fused-ring (bicyclic) bond motifs is 1. The minimum Gasteiger partial charge on any atom is -0.477 e. The highest BCUT2D eigenvalue weighted by Crippen LogP contribution is 2.35. The van der Waals surface area contributed by atoms with Crippen LogP contribution in [0.4, 0.5) is 4.39 Å². The Hall–Kier alpha value is -2.78. The van der Waals surface area contributed by atoms with Crippen molar-refractivity contribution in [3.05, 3.63) is 52.3 Å². The first kappa shape index (κ1) is 16.1. The quantitative estimate of drug-likeness (QED) is 0.743. The zero-order chi connectivity index (χ0) is 17.4. The molecule has 6 heteroatoms. The molecule has 0 atom stereocenters. The molecule has 4 nitrogen and oxygen atoms in total. The largest absolute Gasteiger partial charge is 0.477 e. The fraction of sp³-hybridized carbons (Fsp3) is 0.167. The highest BCUT2D eigenvalue weighted by Gasteiger charge is 2.17. The van der Waals surface area contributed by atoms with Gasteiger partial charge in [0.05, 0.1) is 17.8 Å². The summed E-state index contributed by atoms with van der Waals surface area (Å²) in [6.45, 7) is 3.98. The number of carbonyl (C=O) groups is 1. The molecule has 0 amide bonds. The molecule has 24 heavy (non-hydrogen) atoms. The summed E-state index contributed by atoms with van der Waals surface area (Å²) >= 11 is 0.996. The third-order valence-corrected chi connectivity index (χ3v) is 4.83. The number of benzene rings is 2. The topological polar surface area (TPSA) is 74.0 Å². The zero-order valence-corrected chi connectivity index (χ0v) is 13.8. The van der Waals surface area contributed by atoms with Crippen LogP contribution in [0.1, 0.15) is 40.6 Å². The van der Waals surface area contributed by atoms with E-state index < -0.39 is 11.8 Å². The molecule has 0 spiro atoms. The number of rotatable bonds is 3. The van der Waals surface area contributed by atoms with Crippen molar-refractivity contribution in [2.24, 2.45) is 0 Å². The van der Waals surface area contributed by atoms with Gasteiger partial charge in [-0.3, -0.25) is 0 Å². The summed E-state index contributed by atoms with van der Waals surface area (Å²) in [7, 11) is 0. The molecule has 1 heterocycles. The van der Waals surface area contributed by atoms with E-state index in [1.807, 2.05) is 13.8 Å². The summed E-state index contributed by atoms with van der Waals surface area (Å²) in [6, 6.07) is 8.49. The lowest BCUT2D eigenvalue weighted by molar-refractivity contribution is 0.0702. The fourth-order valence-corrected chi connectivity index (χ4v) is 3.42. The fourth-order valence-electron chi connectivity index (χ4n) is 2.68. The van der Waals surface area contributed by atoms with Crippen LogP contribution in [0.3, 0.4) is 0 Å². The molecule has 0 radical (unpaired) electrons. The SMILES string of the molecule is CC(C)c1ccc(F)c2cc(-c3ncc(C(=O)O)s3)cc(C#N)c12. The van der Waals surface area contributed by atoms with Gasteiger partial charge < -0.3 is 5.11 Å². The first-order chi connectivity index (χ1) is 11.4. The van der Waals surface area contributed by atoms with Gasteiger partial charge in [0.1, 0.15) is 15.7 Å². The van der Waals surface area contributed by atoms with Gasteiger partial charge in [-0.1, -0.05) is 19.9 Å². The Kier molecular flexibility index (Phi) is 4.04. The van der Waals surface area contributed by atoms with E-state index in [1.165, 1.54) is 12.3 Å². The standard InChI is InChI=1S/C18H13FN2O2S/c1-9(2)12-3-4-14(19)13-6-10(5-11(7-20)16(12)13)17-21-8-15(24-17)18(22)23/h3-6,8-9H,1-2H3,(H,22,23). The Balaban J connectivity index is 2.31. The molecular formula is C18H13FN2O2S. The average Bonchev–Trinajstić information content (AvgIpc) is 3.04. The van der Waals surface area contributed by atoms with Gasteiger partial charge in [-0.05, 0) is 29.7 Å².